The van der Waals surface area contributed by atoms with Crippen molar-refractivity contribution < 1.29 is 4.74 Å². The molecule has 0 aliphatic carbocycles. The Morgan fingerprint density at radius 2 is 2.27 bits per heavy atom. The van der Waals surface area contributed by atoms with Crippen LogP contribution >= 0.6 is 0 Å². The molecular weight excluding hydrogens is 190 g/mol. The highest BCUT2D eigenvalue weighted by molar-refractivity contribution is 5.49. The summed E-state index contributed by atoms with van der Waals surface area (Å²) in [4.78, 5) is 4.21. The maximum Gasteiger partial charge on any atom is 0.168 e. The molecule has 0 spiro atoms. The van der Waals surface area contributed by atoms with E-state index in [-0.39, 0.29) is 0 Å². The van der Waals surface area contributed by atoms with E-state index in [1.54, 1.807) is 13.3 Å². The molecule has 0 unspecified atom stereocenters. The van der Waals surface area contributed by atoms with Crippen LogP contribution in [0.4, 0.5) is 5.82 Å². The van der Waals surface area contributed by atoms with Crippen LogP contribution in [0.3, 0.4) is 0 Å². The summed E-state index contributed by atoms with van der Waals surface area (Å²) in [6.45, 7) is 1.68. The van der Waals surface area contributed by atoms with Crippen molar-refractivity contribution in [2.75, 3.05) is 25.5 Å². The van der Waals surface area contributed by atoms with E-state index < -0.39 is 0 Å². The number of hydrogen-bond acceptors (Lipinski definition) is 4. The fourth-order valence-corrected chi connectivity index (χ4v) is 1.34. The average Bonchev–Trinajstić information content (AvgIpc) is 2.29. The van der Waals surface area contributed by atoms with Crippen molar-refractivity contribution in [3.63, 3.8) is 0 Å². The predicted molar refractivity (Wildman–Crippen MR) is 62.2 cm³/mol. The van der Waals surface area contributed by atoms with E-state index in [1.165, 1.54) is 0 Å². The summed E-state index contributed by atoms with van der Waals surface area (Å²) in [7, 11) is 1.65. The molecule has 0 atom stereocenters. The number of unbranched alkanes of at least 4 members (excludes halogenated alkanes) is 2. The fraction of sp³-hybridized carbons (Fsp3) is 0.545. The SMILES string of the molecule is COc1cccnc1NCCCCCN. The molecule has 15 heavy (non-hydrogen) atoms. The van der Waals surface area contributed by atoms with Crippen molar-refractivity contribution in [3.8, 4) is 5.75 Å². The van der Waals surface area contributed by atoms with Crippen molar-refractivity contribution in [2.45, 2.75) is 19.3 Å². The van der Waals surface area contributed by atoms with Gasteiger partial charge in [-0.15, -0.1) is 0 Å². The van der Waals surface area contributed by atoms with Gasteiger partial charge in [0.2, 0.25) is 0 Å². The van der Waals surface area contributed by atoms with Gasteiger partial charge < -0.3 is 15.8 Å². The lowest BCUT2D eigenvalue weighted by Crippen LogP contribution is -2.06. The summed E-state index contributed by atoms with van der Waals surface area (Å²) in [6.07, 6.45) is 5.10. The zero-order valence-electron chi connectivity index (χ0n) is 9.20. The minimum atomic E-state index is 0.771. The molecule has 0 aliphatic rings. The monoisotopic (exact) mass is 209 g/mol. The van der Waals surface area contributed by atoms with Gasteiger partial charge in [0.1, 0.15) is 0 Å². The Balaban J connectivity index is 2.30. The number of methoxy groups -OCH3 is 1. The molecule has 4 heteroatoms. The second-order valence-electron chi connectivity index (χ2n) is 3.33. The smallest absolute Gasteiger partial charge is 0.168 e. The third kappa shape index (κ3) is 4.16. The van der Waals surface area contributed by atoms with E-state index in [0.29, 0.717) is 0 Å². The van der Waals surface area contributed by atoms with E-state index >= 15 is 0 Å². The predicted octanol–water partition coefficient (Wildman–Crippen LogP) is 1.63. The standard InChI is InChI=1S/C11H19N3O/c1-15-10-6-5-9-14-11(10)13-8-4-2-3-7-12/h5-6,9H,2-4,7-8,12H2,1H3,(H,13,14). The lowest BCUT2D eigenvalue weighted by atomic mass is 10.2. The molecule has 84 valence electrons. The topological polar surface area (TPSA) is 60.2 Å². The van der Waals surface area contributed by atoms with Gasteiger partial charge in [-0.25, -0.2) is 4.98 Å². The Bertz CT molecular complexity index is 278. The summed E-state index contributed by atoms with van der Waals surface area (Å²) < 4.78 is 5.18. The van der Waals surface area contributed by atoms with Crippen molar-refractivity contribution in [1.82, 2.24) is 4.98 Å². The van der Waals surface area contributed by atoms with Crippen LogP contribution in [0.15, 0.2) is 18.3 Å². The zero-order valence-corrected chi connectivity index (χ0v) is 9.20. The molecule has 0 amide bonds. The van der Waals surface area contributed by atoms with Crippen LogP contribution in [0, 0.1) is 0 Å². The van der Waals surface area contributed by atoms with Gasteiger partial charge in [0.05, 0.1) is 7.11 Å². The highest BCUT2D eigenvalue weighted by Gasteiger charge is 2.00. The number of pyridine rings is 1. The average molecular weight is 209 g/mol. The number of anilines is 1. The minimum Gasteiger partial charge on any atom is -0.493 e. The molecule has 0 fully saturated rings. The van der Waals surface area contributed by atoms with Gasteiger partial charge in [-0.2, -0.15) is 0 Å². The first kappa shape index (κ1) is 11.8. The Labute approximate surface area is 90.8 Å². The molecule has 1 heterocycles. The van der Waals surface area contributed by atoms with Crippen molar-refractivity contribution in [3.05, 3.63) is 18.3 Å². The van der Waals surface area contributed by atoms with Gasteiger partial charge in [-0.3, -0.25) is 0 Å². The molecule has 1 rings (SSSR count). The van der Waals surface area contributed by atoms with E-state index in [9.17, 15) is 0 Å². The second-order valence-corrected chi connectivity index (χ2v) is 3.33. The van der Waals surface area contributed by atoms with Crippen LogP contribution in [0.5, 0.6) is 5.75 Å². The first-order chi connectivity index (χ1) is 7.38. The summed E-state index contributed by atoms with van der Waals surface area (Å²) in [5, 5.41) is 3.25. The molecule has 0 saturated heterocycles. The summed E-state index contributed by atoms with van der Waals surface area (Å²) in [5.41, 5.74) is 5.41. The highest BCUT2D eigenvalue weighted by Crippen LogP contribution is 2.19. The first-order valence-electron chi connectivity index (χ1n) is 5.31. The van der Waals surface area contributed by atoms with Crippen LogP contribution in [-0.4, -0.2) is 25.2 Å². The Kier molecular flexibility index (Phi) is 5.55. The number of nitrogens with one attached hydrogen (secondary N) is 1. The molecule has 3 N–H and O–H groups in total. The van der Waals surface area contributed by atoms with Gasteiger partial charge in [-0.05, 0) is 31.5 Å². The van der Waals surface area contributed by atoms with E-state index in [1.807, 2.05) is 12.1 Å². The zero-order chi connectivity index (χ0) is 10.9. The summed E-state index contributed by atoms with van der Waals surface area (Å²) in [6, 6.07) is 3.76. The molecular formula is C11H19N3O. The fourth-order valence-electron chi connectivity index (χ4n) is 1.34. The van der Waals surface area contributed by atoms with Crippen molar-refractivity contribution in [1.29, 1.82) is 0 Å². The summed E-state index contributed by atoms with van der Waals surface area (Å²) >= 11 is 0. The van der Waals surface area contributed by atoms with Crippen LogP contribution in [0.25, 0.3) is 0 Å². The molecule has 0 radical (unpaired) electrons. The number of nitrogens with zero attached hydrogens (tertiary/aromatic N) is 1. The largest absolute Gasteiger partial charge is 0.493 e. The number of nitrogens with two attached hydrogens (primary N) is 1. The number of ether oxygens (including phenoxy) is 1. The first-order valence-corrected chi connectivity index (χ1v) is 5.31. The van der Waals surface area contributed by atoms with Gasteiger partial charge >= 0.3 is 0 Å². The van der Waals surface area contributed by atoms with Crippen LogP contribution in [0.2, 0.25) is 0 Å². The minimum absolute atomic E-state index is 0.771. The van der Waals surface area contributed by atoms with Crippen LogP contribution in [-0.2, 0) is 0 Å². The quantitative estimate of drug-likeness (QED) is 0.670. The number of hydrogen-bond donors (Lipinski definition) is 2. The van der Waals surface area contributed by atoms with E-state index in [2.05, 4.69) is 10.3 Å². The maximum absolute atomic E-state index is 5.41. The third-order valence-electron chi connectivity index (χ3n) is 2.16. The molecule has 0 bridgehead atoms. The van der Waals surface area contributed by atoms with Crippen molar-refractivity contribution >= 4 is 5.82 Å². The number of aromatic nitrogens is 1. The maximum atomic E-state index is 5.41. The molecule has 1 aromatic rings. The lowest BCUT2D eigenvalue weighted by Gasteiger charge is -2.08. The van der Waals surface area contributed by atoms with Crippen LogP contribution < -0.4 is 15.8 Å². The second kappa shape index (κ2) is 7.06. The molecule has 4 nitrogen and oxygen atoms in total. The summed E-state index contributed by atoms with van der Waals surface area (Å²) in [5.74, 6) is 1.60. The molecule has 1 aromatic heterocycles. The third-order valence-corrected chi connectivity index (χ3v) is 2.16. The van der Waals surface area contributed by atoms with Gasteiger partial charge in [-0.1, -0.05) is 6.42 Å². The Hall–Kier alpha value is -1.29. The van der Waals surface area contributed by atoms with Crippen LogP contribution in [0.1, 0.15) is 19.3 Å². The molecule has 0 saturated carbocycles. The highest BCUT2D eigenvalue weighted by atomic mass is 16.5. The Morgan fingerprint density at radius 3 is 3.00 bits per heavy atom. The lowest BCUT2D eigenvalue weighted by molar-refractivity contribution is 0.414. The van der Waals surface area contributed by atoms with Gasteiger partial charge in [0.25, 0.3) is 0 Å². The Morgan fingerprint density at radius 1 is 1.40 bits per heavy atom. The molecule has 0 aliphatic heterocycles. The van der Waals surface area contributed by atoms with Gasteiger partial charge in [0, 0.05) is 12.7 Å². The number of rotatable bonds is 7. The van der Waals surface area contributed by atoms with Gasteiger partial charge in [0.15, 0.2) is 11.6 Å². The normalized spacial score (nSPS) is 10.0. The van der Waals surface area contributed by atoms with Crippen molar-refractivity contribution in [2.24, 2.45) is 5.73 Å². The van der Waals surface area contributed by atoms with E-state index in [0.717, 1.165) is 43.9 Å². The van der Waals surface area contributed by atoms with E-state index in [4.69, 9.17) is 10.5 Å². The molecule has 0 aromatic carbocycles.